The highest BCUT2D eigenvalue weighted by molar-refractivity contribution is 7.91. The van der Waals surface area contributed by atoms with Crippen molar-refractivity contribution in [2.24, 2.45) is 5.14 Å². The Labute approximate surface area is 130 Å². The molecule has 1 aromatic carbocycles. The molecule has 0 radical (unpaired) electrons. The van der Waals surface area contributed by atoms with Gasteiger partial charge in [-0.15, -0.1) is 5.10 Å². The molecule has 0 amide bonds. The Bertz CT molecular complexity index is 945. The van der Waals surface area contributed by atoms with E-state index in [0.717, 1.165) is 11.3 Å². The minimum absolute atomic E-state index is 0.190. The Morgan fingerprint density at radius 3 is 2.68 bits per heavy atom. The third kappa shape index (κ3) is 2.40. The minimum Gasteiger partial charge on any atom is -0.497 e. The lowest BCUT2D eigenvalue weighted by atomic mass is 10.1. The van der Waals surface area contributed by atoms with Gasteiger partial charge >= 0.3 is 0 Å². The van der Waals surface area contributed by atoms with Crippen LogP contribution in [0.5, 0.6) is 11.5 Å². The molecule has 0 unspecified atom stereocenters. The van der Waals surface area contributed by atoms with Crippen LogP contribution >= 0.6 is 11.3 Å². The fraction of sp³-hybridized carbons (Fsp3) is 0.167. The van der Waals surface area contributed by atoms with Gasteiger partial charge in [0, 0.05) is 11.6 Å². The molecule has 0 fully saturated rings. The molecule has 0 aliphatic heterocycles. The second-order valence-electron chi connectivity index (χ2n) is 4.32. The topological polar surface area (TPSA) is 109 Å². The third-order valence-corrected chi connectivity index (χ3v) is 5.23. The Balaban J connectivity index is 2.20. The van der Waals surface area contributed by atoms with Gasteiger partial charge in [-0.25, -0.2) is 23.1 Å². The van der Waals surface area contributed by atoms with Crippen LogP contribution in [0.2, 0.25) is 0 Å². The van der Waals surface area contributed by atoms with Crippen molar-refractivity contribution in [2.45, 2.75) is 4.34 Å². The standard InChI is InChI=1S/C12H12N4O4S2/c1-19-7-3-4-8(10(5-7)20-2)9-6-14-11-16(9)15-12(21-11)22(13,17)18/h3-6H,1-2H3,(H2,13,17,18). The van der Waals surface area contributed by atoms with Crippen LogP contribution in [0.3, 0.4) is 0 Å². The van der Waals surface area contributed by atoms with Gasteiger partial charge in [0.15, 0.2) is 0 Å². The predicted molar refractivity (Wildman–Crippen MR) is 80.8 cm³/mol. The van der Waals surface area contributed by atoms with Gasteiger partial charge in [0.25, 0.3) is 10.0 Å². The summed E-state index contributed by atoms with van der Waals surface area (Å²) in [6.07, 6.45) is 1.59. The Morgan fingerprint density at radius 2 is 2.05 bits per heavy atom. The predicted octanol–water partition coefficient (Wildman–Crippen LogP) is 1.12. The molecule has 3 aromatic rings. The van der Waals surface area contributed by atoms with E-state index < -0.39 is 10.0 Å². The molecular formula is C12H12N4O4S2. The van der Waals surface area contributed by atoms with E-state index in [4.69, 9.17) is 14.6 Å². The molecule has 8 nitrogen and oxygen atoms in total. The molecule has 2 heterocycles. The van der Waals surface area contributed by atoms with Crippen molar-refractivity contribution in [1.82, 2.24) is 14.6 Å². The minimum atomic E-state index is -3.86. The number of imidazole rings is 1. The maximum atomic E-state index is 11.4. The fourth-order valence-electron chi connectivity index (χ4n) is 1.98. The van der Waals surface area contributed by atoms with Crippen LogP contribution in [0.25, 0.3) is 16.2 Å². The number of nitrogens with zero attached hydrogens (tertiary/aromatic N) is 3. The van der Waals surface area contributed by atoms with E-state index in [1.807, 2.05) is 0 Å². The van der Waals surface area contributed by atoms with Crippen molar-refractivity contribution in [3.63, 3.8) is 0 Å². The normalized spacial score (nSPS) is 11.8. The van der Waals surface area contributed by atoms with Gasteiger partial charge in [-0.2, -0.15) is 0 Å². The molecular weight excluding hydrogens is 328 g/mol. The van der Waals surface area contributed by atoms with Crippen molar-refractivity contribution in [3.05, 3.63) is 24.4 Å². The Hall–Kier alpha value is -2.17. The average Bonchev–Trinajstić information content (AvgIpc) is 3.06. The van der Waals surface area contributed by atoms with E-state index in [0.29, 0.717) is 27.7 Å². The van der Waals surface area contributed by atoms with Crippen LogP contribution in [0, 0.1) is 0 Å². The number of aromatic nitrogens is 3. The zero-order chi connectivity index (χ0) is 15.9. The molecule has 0 saturated carbocycles. The number of ether oxygens (including phenoxy) is 2. The number of methoxy groups -OCH3 is 2. The number of rotatable bonds is 4. The average molecular weight is 340 g/mol. The van der Waals surface area contributed by atoms with E-state index in [9.17, 15) is 8.42 Å². The van der Waals surface area contributed by atoms with Crippen LogP contribution < -0.4 is 14.6 Å². The maximum Gasteiger partial charge on any atom is 0.267 e. The smallest absolute Gasteiger partial charge is 0.267 e. The molecule has 0 aliphatic carbocycles. The Kier molecular flexibility index (Phi) is 3.51. The van der Waals surface area contributed by atoms with Gasteiger partial charge in [0.1, 0.15) is 11.5 Å². The number of nitrogens with two attached hydrogens (primary N) is 1. The first kappa shape index (κ1) is 14.8. The van der Waals surface area contributed by atoms with E-state index in [2.05, 4.69) is 10.1 Å². The molecule has 2 N–H and O–H groups in total. The number of fused-ring (bicyclic) bond motifs is 1. The molecule has 0 saturated heterocycles. The molecule has 10 heteroatoms. The highest BCUT2D eigenvalue weighted by Crippen LogP contribution is 2.34. The van der Waals surface area contributed by atoms with Crippen LogP contribution in [0.15, 0.2) is 28.7 Å². The van der Waals surface area contributed by atoms with Crippen molar-refractivity contribution in [1.29, 1.82) is 0 Å². The van der Waals surface area contributed by atoms with Crippen molar-refractivity contribution in [3.8, 4) is 22.8 Å². The van der Waals surface area contributed by atoms with Crippen LogP contribution in [0.4, 0.5) is 0 Å². The highest BCUT2D eigenvalue weighted by Gasteiger charge is 2.20. The lowest BCUT2D eigenvalue weighted by molar-refractivity contribution is 0.395. The third-order valence-electron chi connectivity index (χ3n) is 2.99. The molecule has 0 spiro atoms. The van der Waals surface area contributed by atoms with Gasteiger partial charge < -0.3 is 9.47 Å². The molecule has 3 rings (SSSR count). The summed E-state index contributed by atoms with van der Waals surface area (Å²) >= 11 is 0.903. The lowest BCUT2D eigenvalue weighted by Crippen LogP contribution is -2.12. The number of hydrogen-bond acceptors (Lipinski definition) is 7. The summed E-state index contributed by atoms with van der Waals surface area (Å²) in [5.41, 5.74) is 1.31. The SMILES string of the molecule is COc1ccc(-c2cnc3sc(S(N)(=O)=O)nn23)c(OC)c1. The first-order chi connectivity index (χ1) is 10.4. The van der Waals surface area contributed by atoms with Crippen LogP contribution in [0.1, 0.15) is 0 Å². The number of sulfonamides is 1. The van der Waals surface area contributed by atoms with Gasteiger partial charge in [-0.05, 0) is 12.1 Å². The summed E-state index contributed by atoms with van der Waals surface area (Å²) in [5, 5.41) is 9.11. The van der Waals surface area contributed by atoms with Gasteiger partial charge in [-0.3, -0.25) is 0 Å². The van der Waals surface area contributed by atoms with E-state index in [-0.39, 0.29) is 4.34 Å². The van der Waals surface area contributed by atoms with Crippen LogP contribution in [-0.2, 0) is 10.0 Å². The first-order valence-corrected chi connectivity index (χ1v) is 8.40. The molecule has 0 atom stereocenters. The van der Waals surface area contributed by atoms with Gasteiger partial charge in [-0.1, -0.05) is 11.3 Å². The summed E-state index contributed by atoms with van der Waals surface area (Å²) < 4.78 is 34.5. The maximum absolute atomic E-state index is 11.4. The van der Waals surface area contributed by atoms with Gasteiger partial charge in [0.2, 0.25) is 9.30 Å². The van der Waals surface area contributed by atoms with Crippen molar-refractivity contribution < 1.29 is 17.9 Å². The number of primary sulfonamides is 1. The molecule has 116 valence electrons. The summed E-state index contributed by atoms with van der Waals surface area (Å²) in [6, 6.07) is 5.28. The highest BCUT2D eigenvalue weighted by atomic mass is 32.2. The monoisotopic (exact) mass is 340 g/mol. The molecule has 2 aromatic heterocycles. The molecule has 0 aliphatic rings. The number of hydrogen-bond donors (Lipinski definition) is 1. The summed E-state index contributed by atoms with van der Waals surface area (Å²) in [6.45, 7) is 0. The summed E-state index contributed by atoms with van der Waals surface area (Å²) in [4.78, 5) is 4.59. The zero-order valence-electron chi connectivity index (χ0n) is 11.7. The molecule has 22 heavy (non-hydrogen) atoms. The second-order valence-corrected chi connectivity index (χ2v) is 7.01. The van der Waals surface area contributed by atoms with E-state index >= 15 is 0 Å². The fourth-order valence-corrected chi connectivity index (χ4v) is 3.48. The number of benzene rings is 1. The van der Waals surface area contributed by atoms with Crippen molar-refractivity contribution >= 4 is 26.3 Å². The van der Waals surface area contributed by atoms with E-state index in [1.165, 1.54) is 11.6 Å². The summed E-state index contributed by atoms with van der Waals surface area (Å²) in [5.74, 6) is 1.20. The molecule has 0 bridgehead atoms. The largest absolute Gasteiger partial charge is 0.497 e. The lowest BCUT2D eigenvalue weighted by Gasteiger charge is -2.09. The van der Waals surface area contributed by atoms with Crippen LogP contribution in [-0.4, -0.2) is 37.2 Å². The van der Waals surface area contributed by atoms with E-state index in [1.54, 1.807) is 31.5 Å². The van der Waals surface area contributed by atoms with Crippen molar-refractivity contribution in [2.75, 3.05) is 14.2 Å². The zero-order valence-corrected chi connectivity index (χ0v) is 13.3. The second kappa shape index (κ2) is 5.23. The first-order valence-electron chi connectivity index (χ1n) is 6.04. The quantitative estimate of drug-likeness (QED) is 0.762. The van der Waals surface area contributed by atoms with Gasteiger partial charge in [0.05, 0.1) is 26.1 Å². The summed E-state index contributed by atoms with van der Waals surface area (Å²) in [7, 11) is -0.770. The Morgan fingerprint density at radius 1 is 1.27 bits per heavy atom.